The third kappa shape index (κ3) is 4.18. The monoisotopic (exact) mass is 331 g/mol. The largest absolute Gasteiger partial charge is 0.333 e. The van der Waals surface area contributed by atoms with Gasteiger partial charge in [0.2, 0.25) is 10.0 Å². The van der Waals surface area contributed by atoms with Crippen LogP contribution in [0.3, 0.4) is 0 Å². The molecule has 1 aromatic heterocycles. The number of nitrogens with one attached hydrogen (secondary N) is 1. The molecule has 0 saturated carbocycles. The molecular formula is C13H21N3O3S2. The number of carbonyl (C=O) groups excluding carboxylic acids is 1. The number of hydrogen-bond donors (Lipinski definition) is 1. The highest BCUT2D eigenvalue weighted by Gasteiger charge is 2.27. The van der Waals surface area contributed by atoms with Crippen molar-refractivity contribution in [1.82, 2.24) is 14.5 Å². The van der Waals surface area contributed by atoms with Gasteiger partial charge >= 0.3 is 6.03 Å². The lowest BCUT2D eigenvalue weighted by Crippen LogP contribution is -2.53. The Morgan fingerprint density at radius 3 is 2.48 bits per heavy atom. The van der Waals surface area contributed by atoms with Crippen molar-refractivity contribution in [1.29, 1.82) is 0 Å². The van der Waals surface area contributed by atoms with E-state index in [0.717, 1.165) is 4.88 Å². The summed E-state index contributed by atoms with van der Waals surface area (Å²) in [5, 5.41) is 2.88. The average Bonchev–Trinajstić information content (AvgIpc) is 2.90. The standard InChI is InChI=1S/C13H21N3O3S2/c1-3-21(18,19)16-8-6-15(7-9-16)13(17)14-10-12-5-4-11(2)20-12/h4-5H,3,6-10H2,1-2H3,(H,14,17). The van der Waals surface area contributed by atoms with Crippen LogP contribution in [0.4, 0.5) is 4.79 Å². The fourth-order valence-corrected chi connectivity index (χ4v) is 4.12. The number of piperazine rings is 1. The van der Waals surface area contributed by atoms with Crippen molar-refractivity contribution in [2.24, 2.45) is 0 Å². The smallest absolute Gasteiger partial charge is 0.317 e. The highest BCUT2D eigenvalue weighted by atomic mass is 32.2. The fourth-order valence-electron chi connectivity index (χ4n) is 2.21. The second-order valence-corrected chi connectivity index (χ2v) is 8.59. The third-order valence-corrected chi connectivity index (χ3v) is 6.38. The number of sulfonamides is 1. The molecule has 8 heteroatoms. The van der Waals surface area contributed by atoms with Crippen molar-refractivity contribution < 1.29 is 13.2 Å². The van der Waals surface area contributed by atoms with Crippen molar-refractivity contribution in [2.45, 2.75) is 20.4 Å². The molecule has 1 N–H and O–H groups in total. The van der Waals surface area contributed by atoms with E-state index in [-0.39, 0.29) is 11.8 Å². The van der Waals surface area contributed by atoms with Crippen LogP contribution in [0.15, 0.2) is 12.1 Å². The Balaban J connectivity index is 1.80. The minimum Gasteiger partial charge on any atom is -0.333 e. The maximum Gasteiger partial charge on any atom is 0.317 e. The number of rotatable bonds is 4. The zero-order valence-electron chi connectivity index (χ0n) is 12.3. The number of nitrogens with zero attached hydrogens (tertiary/aromatic N) is 2. The summed E-state index contributed by atoms with van der Waals surface area (Å²) in [6.07, 6.45) is 0. The Kier molecular flexibility index (Phi) is 5.23. The van der Waals surface area contributed by atoms with Crippen molar-refractivity contribution in [3.8, 4) is 0 Å². The molecule has 0 spiro atoms. The maximum absolute atomic E-state index is 12.1. The summed E-state index contributed by atoms with van der Waals surface area (Å²) in [6.45, 7) is 5.82. The molecule has 0 aromatic carbocycles. The van der Waals surface area contributed by atoms with Crippen molar-refractivity contribution in [3.05, 3.63) is 21.9 Å². The van der Waals surface area contributed by atoms with E-state index in [0.29, 0.717) is 32.7 Å². The summed E-state index contributed by atoms with van der Waals surface area (Å²) in [4.78, 5) is 16.1. The number of carbonyl (C=O) groups is 1. The molecule has 2 amide bonds. The molecule has 2 heterocycles. The van der Waals surface area contributed by atoms with Gasteiger partial charge in [-0.15, -0.1) is 11.3 Å². The van der Waals surface area contributed by atoms with Gasteiger partial charge in [-0.3, -0.25) is 0 Å². The van der Waals surface area contributed by atoms with Crippen LogP contribution in [-0.2, 0) is 16.6 Å². The molecular weight excluding hydrogens is 310 g/mol. The van der Waals surface area contributed by atoms with Gasteiger partial charge < -0.3 is 10.2 Å². The molecule has 1 fully saturated rings. The SMILES string of the molecule is CCS(=O)(=O)N1CCN(C(=O)NCc2ccc(C)s2)CC1. The van der Waals surface area contributed by atoms with Crippen LogP contribution in [0.1, 0.15) is 16.7 Å². The molecule has 0 unspecified atom stereocenters. The van der Waals surface area contributed by atoms with Gasteiger partial charge in [-0.05, 0) is 26.0 Å². The minimum absolute atomic E-state index is 0.108. The van der Waals surface area contributed by atoms with E-state index in [1.165, 1.54) is 9.18 Å². The second kappa shape index (κ2) is 6.76. The minimum atomic E-state index is -3.15. The fraction of sp³-hybridized carbons (Fsp3) is 0.615. The molecule has 1 saturated heterocycles. The maximum atomic E-state index is 12.1. The van der Waals surface area contributed by atoms with Gasteiger partial charge in [0.15, 0.2) is 0 Å². The Hall–Kier alpha value is -1.12. The first-order chi connectivity index (χ1) is 9.92. The summed E-state index contributed by atoms with van der Waals surface area (Å²) in [5.41, 5.74) is 0. The van der Waals surface area contributed by atoms with E-state index in [2.05, 4.69) is 5.32 Å². The zero-order chi connectivity index (χ0) is 15.5. The van der Waals surface area contributed by atoms with E-state index >= 15 is 0 Å². The van der Waals surface area contributed by atoms with E-state index < -0.39 is 10.0 Å². The molecule has 1 aliphatic rings. The molecule has 2 rings (SSSR count). The van der Waals surface area contributed by atoms with Crippen LogP contribution < -0.4 is 5.32 Å². The van der Waals surface area contributed by atoms with Crippen LogP contribution >= 0.6 is 11.3 Å². The van der Waals surface area contributed by atoms with Crippen LogP contribution in [0.2, 0.25) is 0 Å². The molecule has 6 nitrogen and oxygen atoms in total. The van der Waals surface area contributed by atoms with Gasteiger partial charge in [0.05, 0.1) is 12.3 Å². The first-order valence-electron chi connectivity index (χ1n) is 6.98. The number of amides is 2. The van der Waals surface area contributed by atoms with Crippen LogP contribution in [0.25, 0.3) is 0 Å². The predicted molar refractivity (Wildman–Crippen MR) is 83.9 cm³/mol. The van der Waals surface area contributed by atoms with Gasteiger partial charge in [-0.25, -0.2) is 13.2 Å². The topological polar surface area (TPSA) is 69.7 Å². The lowest BCUT2D eigenvalue weighted by atomic mass is 10.4. The normalized spacial score (nSPS) is 17.0. The number of aryl methyl sites for hydroxylation is 1. The van der Waals surface area contributed by atoms with Crippen LogP contribution in [0.5, 0.6) is 0 Å². The summed E-state index contributed by atoms with van der Waals surface area (Å²) in [6, 6.07) is 3.90. The van der Waals surface area contributed by atoms with E-state index in [9.17, 15) is 13.2 Å². The van der Waals surface area contributed by atoms with Gasteiger partial charge in [0, 0.05) is 35.9 Å². The Labute approximate surface area is 129 Å². The number of thiophene rings is 1. The third-order valence-electron chi connectivity index (χ3n) is 3.49. The zero-order valence-corrected chi connectivity index (χ0v) is 14.0. The molecule has 1 aliphatic heterocycles. The first-order valence-corrected chi connectivity index (χ1v) is 9.41. The molecule has 0 bridgehead atoms. The van der Waals surface area contributed by atoms with Gasteiger partial charge in [0.1, 0.15) is 0 Å². The second-order valence-electron chi connectivity index (χ2n) is 4.96. The van der Waals surface area contributed by atoms with Crippen LogP contribution in [0, 0.1) is 6.92 Å². The quantitative estimate of drug-likeness (QED) is 0.902. The first kappa shape index (κ1) is 16.3. The highest BCUT2D eigenvalue weighted by Crippen LogP contribution is 2.14. The van der Waals surface area contributed by atoms with Gasteiger partial charge in [-0.2, -0.15) is 4.31 Å². The van der Waals surface area contributed by atoms with Crippen LogP contribution in [-0.4, -0.2) is 55.6 Å². The van der Waals surface area contributed by atoms with E-state index in [1.807, 2.05) is 19.1 Å². The number of urea groups is 1. The summed E-state index contributed by atoms with van der Waals surface area (Å²) < 4.78 is 25.0. The molecule has 0 aliphatic carbocycles. The van der Waals surface area contributed by atoms with Crippen molar-refractivity contribution in [3.63, 3.8) is 0 Å². The predicted octanol–water partition coefficient (Wildman–Crippen LogP) is 1.23. The lowest BCUT2D eigenvalue weighted by Gasteiger charge is -2.33. The summed E-state index contributed by atoms with van der Waals surface area (Å²) in [5.74, 6) is 0.108. The van der Waals surface area contributed by atoms with E-state index in [1.54, 1.807) is 23.2 Å². The summed E-state index contributed by atoms with van der Waals surface area (Å²) >= 11 is 1.66. The molecule has 0 atom stereocenters. The van der Waals surface area contributed by atoms with Crippen molar-refractivity contribution >= 4 is 27.4 Å². The van der Waals surface area contributed by atoms with Gasteiger partial charge in [0.25, 0.3) is 0 Å². The molecule has 1 aromatic rings. The Morgan fingerprint density at radius 1 is 1.29 bits per heavy atom. The summed E-state index contributed by atoms with van der Waals surface area (Å²) in [7, 11) is -3.15. The Bertz CT molecular complexity index is 590. The molecule has 0 radical (unpaired) electrons. The molecule has 118 valence electrons. The van der Waals surface area contributed by atoms with E-state index in [4.69, 9.17) is 0 Å². The van der Waals surface area contributed by atoms with Crippen molar-refractivity contribution in [2.75, 3.05) is 31.9 Å². The Morgan fingerprint density at radius 2 is 1.95 bits per heavy atom. The highest BCUT2D eigenvalue weighted by molar-refractivity contribution is 7.89. The number of hydrogen-bond acceptors (Lipinski definition) is 4. The van der Waals surface area contributed by atoms with Gasteiger partial charge in [-0.1, -0.05) is 0 Å². The average molecular weight is 331 g/mol. The lowest BCUT2D eigenvalue weighted by molar-refractivity contribution is 0.172. The molecule has 21 heavy (non-hydrogen) atoms.